The molecule has 1 aliphatic heterocycles. The third-order valence-corrected chi connectivity index (χ3v) is 7.48. The molecule has 1 heterocycles. The molecule has 2 unspecified atom stereocenters. The molecule has 2 amide bonds. The number of rotatable bonds is 2. The molecule has 0 N–H and O–H groups in total. The molecule has 2 bridgehead atoms. The van der Waals surface area contributed by atoms with E-state index >= 15 is 0 Å². The molecule has 1 saturated heterocycles. The number of benzene rings is 3. The van der Waals surface area contributed by atoms with Gasteiger partial charge in [-0.05, 0) is 34.4 Å². The van der Waals surface area contributed by atoms with Gasteiger partial charge in [-0.2, -0.15) is 0 Å². The molecule has 5 heteroatoms. The lowest BCUT2D eigenvalue weighted by Gasteiger charge is -2.50. The van der Waals surface area contributed by atoms with E-state index in [0.717, 1.165) is 22.3 Å². The highest BCUT2D eigenvalue weighted by Gasteiger charge is 2.68. The average Bonchev–Trinajstić information content (AvgIpc) is 3.05. The smallest absolute Gasteiger partial charge is 0.240 e. The number of carbonyl (C=O) groups is 2. The number of para-hydroxylation sites is 2. The first-order valence-corrected chi connectivity index (χ1v) is 10.4. The number of hydrogen-bond donors (Lipinski definition) is 0. The summed E-state index contributed by atoms with van der Waals surface area (Å²) < 4.78 is 5.45. The number of hydrogen-bond acceptors (Lipinski definition) is 3. The Bertz CT molecular complexity index is 1190. The van der Waals surface area contributed by atoms with Crippen LogP contribution in [0.5, 0.6) is 5.75 Å². The van der Waals surface area contributed by atoms with Crippen molar-refractivity contribution in [3.05, 3.63) is 95.1 Å². The van der Waals surface area contributed by atoms with Crippen LogP contribution in [-0.4, -0.2) is 18.9 Å². The highest BCUT2D eigenvalue weighted by molar-refractivity contribution is 6.33. The van der Waals surface area contributed by atoms with Crippen LogP contribution in [0.25, 0.3) is 0 Å². The highest BCUT2D eigenvalue weighted by Crippen LogP contribution is 2.66. The minimum Gasteiger partial charge on any atom is -0.495 e. The van der Waals surface area contributed by atoms with Crippen LogP contribution >= 0.6 is 11.6 Å². The second-order valence-electron chi connectivity index (χ2n) is 8.05. The Morgan fingerprint density at radius 2 is 1.40 bits per heavy atom. The number of nitrogens with zero attached hydrogens (tertiary/aromatic N) is 1. The number of amides is 2. The van der Waals surface area contributed by atoms with E-state index in [-0.39, 0.29) is 17.7 Å². The van der Waals surface area contributed by atoms with Gasteiger partial charge in [-0.15, -0.1) is 11.6 Å². The monoisotopic (exact) mass is 415 g/mol. The van der Waals surface area contributed by atoms with Gasteiger partial charge in [0.1, 0.15) is 10.6 Å². The lowest BCUT2D eigenvalue weighted by atomic mass is 9.54. The molecule has 0 saturated carbocycles. The first-order valence-electron chi connectivity index (χ1n) is 9.97. The lowest BCUT2D eigenvalue weighted by Crippen LogP contribution is -2.50. The average molecular weight is 416 g/mol. The zero-order valence-corrected chi connectivity index (χ0v) is 17.0. The van der Waals surface area contributed by atoms with Crippen molar-refractivity contribution in [3.63, 3.8) is 0 Å². The number of anilines is 1. The molecule has 7 rings (SSSR count). The van der Waals surface area contributed by atoms with Gasteiger partial charge in [-0.1, -0.05) is 60.7 Å². The largest absolute Gasteiger partial charge is 0.495 e. The Labute approximate surface area is 179 Å². The fourth-order valence-electron chi connectivity index (χ4n) is 5.73. The predicted molar refractivity (Wildman–Crippen MR) is 114 cm³/mol. The predicted octanol–water partition coefficient (Wildman–Crippen LogP) is 4.44. The van der Waals surface area contributed by atoms with Crippen molar-refractivity contribution in [2.75, 3.05) is 12.0 Å². The lowest BCUT2D eigenvalue weighted by molar-refractivity contribution is -0.122. The van der Waals surface area contributed by atoms with Crippen LogP contribution in [0.15, 0.2) is 72.8 Å². The molecule has 0 radical (unpaired) electrons. The van der Waals surface area contributed by atoms with E-state index in [1.807, 2.05) is 54.6 Å². The first kappa shape index (κ1) is 17.7. The molecule has 4 aliphatic rings. The molecule has 30 heavy (non-hydrogen) atoms. The number of alkyl halides is 1. The Morgan fingerprint density at radius 3 is 2.03 bits per heavy atom. The number of ether oxygens (including phenoxy) is 1. The van der Waals surface area contributed by atoms with Crippen molar-refractivity contribution in [2.45, 2.75) is 10.8 Å². The molecule has 4 nitrogen and oxygen atoms in total. The second kappa shape index (κ2) is 5.96. The summed E-state index contributed by atoms with van der Waals surface area (Å²) in [5.41, 5.74) is 4.41. The SMILES string of the molecule is COc1ccccc1N1C(=O)C2C3c4ccccc4C(Cl)(c4ccccc43)C2C1=O. The minimum atomic E-state index is -1.07. The van der Waals surface area contributed by atoms with E-state index in [2.05, 4.69) is 0 Å². The zero-order chi connectivity index (χ0) is 20.6. The highest BCUT2D eigenvalue weighted by atomic mass is 35.5. The van der Waals surface area contributed by atoms with Crippen LogP contribution in [0.2, 0.25) is 0 Å². The summed E-state index contributed by atoms with van der Waals surface area (Å²) in [4.78, 5) is 27.8. The maximum absolute atomic E-state index is 13.8. The van der Waals surface area contributed by atoms with E-state index < -0.39 is 16.7 Å². The summed E-state index contributed by atoms with van der Waals surface area (Å²) in [6.45, 7) is 0. The maximum Gasteiger partial charge on any atom is 0.240 e. The topological polar surface area (TPSA) is 46.6 Å². The molecule has 0 spiro atoms. The molecular formula is C25H18ClNO3. The number of halogens is 1. The quantitative estimate of drug-likeness (QED) is 0.459. The molecule has 0 aromatic heterocycles. The van der Waals surface area contributed by atoms with Gasteiger partial charge in [0, 0.05) is 5.92 Å². The number of carbonyl (C=O) groups excluding carboxylic acids is 2. The molecule has 3 aromatic rings. The van der Waals surface area contributed by atoms with Crippen molar-refractivity contribution >= 4 is 29.1 Å². The molecule has 1 fully saturated rings. The molecular weight excluding hydrogens is 398 g/mol. The third-order valence-electron chi connectivity index (χ3n) is 6.84. The Balaban J connectivity index is 1.62. The Hall–Kier alpha value is -3.11. The fraction of sp³-hybridized carbons (Fsp3) is 0.200. The summed E-state index contributed by atoms with van der Waals surface area (Å²) in [6.07, 6.45) is 0. The van der Waals surface area contributed by atoms with Gasteiger partial charge < -0.3 is 4.74 Å². The second-order valence-corrected chi connectivity index (χ2v) is 8.65. The Kier molecular flexibility index (Phi) is 3.52. The van der Waals surface area contributed by atoms with E-state index in [4.69, 9.17) is 16.3 Å². The van der Waals surface area contributed by atoms with Crippen LogP contribution < -0.4 is 9.64 Å². The summed E-state index contributed by atoms with van der Waals surface area (Å²) in [5.74, 6) is -1.38. The van der Waals surface area contributed by atoms with Gasteiger partial charge in [0.2, 0.25) is 11.8 Å². The van der Waals surface area contributed by atoms with Crippen LogP contribution in [0, 0.1) is 11.8 Å². The van der Waals surface area contributed by atoms with E-state index in [9.17, 15) is 9.59 Å². The van der Waals surface area contributed by atoms with Gasteiger partial charge in [-0.3, -0.25) is 9.59 Å². The van der Waals surface area contributed by atoms with Gasteiger partial charge in [0.25, 0.3) is 0 Å². The minimum absolute atomic E-state index is 0.195. The normalized spacial score (nSPS) is 28.2. The van der Waals surface area contributed by atoms with Gasteiger partial charge in [0.05, 0.1) is 24.6 Å². The number of methoxy groups -OCH3 is 1. The summed E-state index contributed by atoms with van der Waals surface area (Å²) in [6, 6.07) is 23.0. The van der Waals surface area contributed by atoms with Crippen molar-refractivity contribution in [1.29, 1.82) is 0 Å². The molecule has 3 aliphatic carbocycles. The number of imide groups is 1. The molecule has 148 valence electrons. The molecule has 3 aromatic carbocycles. The summed E-state index contributed by atoms with van der Waals surface area (Å²) >= 11 is 7.42. The van der Waals surface area contributed by atoms with Crippen molar-refractivity contribution in [2.24, 2.45) is 11.8 Å². The van der Waals surface area contributed by atoms with E-state index in [1.54, 1.807) is 18.2 Å². The third kappa shape index (κ3) is 1.93. The zero-order valence-electron chi connectivity index (χ0n) is 16.2. The maximum atomic E-state index is 13.8. The van der Waals surface area contributed by atoms with Crippen molar-refractivity contribution < 1.29 is 14.3 Å². The summed E-state index contributed by atoms with van der Waals surface area (Å²) in [7, 11) is 1.54. The van der Waals surface area contributed by atoms with Crippen LogP contribution in [0.4, 0.5) is 5.69 Å². The van der Waals surface area contributed by atoms with Gasteiger partial charge in [0.15, 0.2) is 0 Å². The van der Waals surface area contributed by atoms with E-state index in [0.29, 0.717) is 11.4 Å². The molecule has 2 atom stereocenters. The van der Waals surface area contributed by atoms with Crippen molar-refractivity contribution in [3.8, 4) is 5.75 Å². The van der Waals surface area contributed by atoms with E-state index in [1.165, 1.54) is 12.0 Å². The van der Waals surface area contributed by atoms with Crippen LogP contribution in [0.3, 0.4) is 0 Å². The fourth-order valence-corrected chi connectivity index (χ4v) is 6.30. The summed E-state index contributed by atoms with van der Waals surface area (Å²) in [5, 5.41) is 0. The van der Waals surface area contributed by atoms with Gasteiger partial charge in [-0.25, -0.2) is 4.90 Å². The Morgan fingerprint density at radius 1 is 0.833 bits per heavy atom. The van der Waals surface area contributed by atoms with Crippen LogP contribution in [-0.2, 0) is 14.5 Å². The van der Waals surface area contributed by atoms with Crippen molar-refractivity contribution in [1.82, 2.24) is 0 Å². The first-order chi connectivity index (χ1) is 14.6. The van der Waals surface area contributed by atoms with Crippen LogP contribution in [0.1, 0.15) is 28.2 Å². The standard InChI is InChI=1S/C25H18ClNO3/c1-30-19-13-7-6-12-18(19)27-23(28)21-20-14-8-2-4-10-16(14)25(26,22(21)24(27)29)17-11-5-3-9-15(17)20/h2-13,20-22H,1H3. The van der Waals surface area contributed by atoms with Gasteiger partial charge >= 0.3 is 0 Å².